The Morgan fingerprint density at radius 3 is 2.63 bits per heavy atom. The molecule has 144 valence electrons. The number of fused-ring (bicyclic) bond motifs is 2. The van der Waals surface area contributed by atoms with Crippen molar-refractivity contribution in [1.82, 2.24) is 0 Å². The van der Waals surface area contributed by atoms with Crippen molar-refractivity contribution in [2.45, 2.75) is 50.6 Å². The highest BCUT2D eigenvalue weighted by molar-refractivity contribution is 5.86. The normalized spacial score (nSPS) is 50.6. The summed E-state index contributed by atoms with van der Waals surface area (Å²) in [6.07, 6.45) is 4.75. The third-order valence-electron chi connectivity index (χ3n) is 7.46. The molecular weight excluding hydrogens is 352 g/mol. The van der Waals surface area contributed by atoms with Crippen molar-refractivity contribution in [3.8, 4) is 0 Å². The van der Waals surface area contributed by atoms with Gasteiger partial charge in [0.1, 0.15) is 12.2 Å². The molecule has 3 fully saturated rings. The predicted octanol–water partition coefficient (Wildman–Crippen LogP) is 1.50. The number of furan rings is 1. The minimum absolute atomic E-state index is 0.121. The molecule has 2 saturated heterocycles. The number of esters is 2. The van der Waals surface area contributed by atoms with Crippen molar-refractivity contribution in [2.24, 2.45) is 22.7 Å². The fraction of sp³-hybridized carbons (Fsp3) is 0.600. The van der Waals surface area contributed by atoms with Crippen molar-refractivity contribution in [3.63, 3.8) is 0 Å². The Kier molecular flexibility index (Phi) is 3.17. The fourth-order valence-electron chi connectivity index (χ4n) is 6.31. The number of carbonyl (C=O) groups is 2. The number of hydrogen-bond acceptors (Lipinski definition) is 7. The molecule has 1 saturated carbocycles. The highest BCUT2D eigenvalue weighted by Crippen LogP contribution is 2.67. The number of cyclic esters (lactones) is 1. The Morgan fingerprint density at radius 1 is 1.19 bits per heavy atom. The first-order chi connectivity index (χ1) is 12.7. The smallest absolute Gasteiger partial charge is 0.343 e. The second-order valence-corrected chi connectivity index (χ2v) is 8.83. The van der Waals surface area contributed by atoms with Crippen LogP contribution in [0, 0.1) is 22.7 Å². The van der Waals surface area contributed by atoms with E-state index in [0.717, 1.165) is 5.56 Å². The van der Waals surface area contributed by atoms with E-state index in [1.165, 1.54) is 12.3 Å². The highest BCUT2D eigenvalue weighted by Gasteiger charge is 2.74. The summed E-state index contributed by atoms with van der Waals surface area (Å²) < 4.78 is 16.3. The van der Waals surface area contributed by atoms with Gasteiger partial charge in [0, 0.05) is 16.9 Å². The van der Waals surface area contributed by atoms with Crippen molar-refractivity contribution in [2.75, 3.05) is 0 Å². The summed E-state index contributed by atoms with van der Waals surface area (Å²) in [5.41, 5.74) is -2.73. The molecule has 6 rings (SSSR count). The number of aliphatic hydroxyl groups excluding tert-OH is 1. The zero-order valence-electron chi connectivity index (χ0n) is 15.1. The first-order valence-corrected chi connectivity index (χ1v) is 9.24. The van der Waals surface area contributed by atoms with Gasteiger partial charge in [0.2, 0.25) is 0 Å². The van der Waals surface area contributed by atoms with E-state index in [0.29, 0.717) is 6.42 Å². The second-order valence-electron chi connectivity index (χ2n) is 8.83. The lowest BCUT2D eigenvalue weighted by atomic mass is 9.41. The molecule has 2 N–H and O–H groups in total. The first-order valence-electron chi connectivity index (χ1n) is 9.24. The summed E-state index contributed by atoms with van der Waals surface area (Å²) >= 11 is 0. The maximum Gasteiger partial charge on any atom is 0.343 e. The Morgan fingerprint density at radius 2 is 1.96 bits per heavy atom. The van der Waals surface area contributed by atoms with Gasteiger partial charge in [-0.2, -0.15) is 0 Å². The summed E-state index contributed by atoms with van der Waals surface area (Å²) in [5.74, 6) is -2.22. The summed E-state index contributed by atoms with van der Waals surface area (Å²) in [5, 5.41) is 22.1. The third kappa shape index (κ3) is 1.88. The lowest BCUT2D eigenvalue weighted by Crippen LogP contribution is -2.74. The first kappa shape index (κ1) is 17.0. The van der Waals surface area contributed by atoms with Crippen LogP contribution in [-0.4, -0.2) is 40.0 Å². The van der Waals surface area contributed by atoms with E-state index < -0.39 is 52.6 Å². The molecule has 0 aromatic carbocycles. The van der Waals surface area contributed by atoms with Gasteiger partial charge < -0.3 is 24.1 Å². The zero-order chi connectivity index (χ0) is 19.2. The van der Waals surface area contributed by atoms with Crippen molar-refractivity contribution in [1.29, 1.82) is 0 Å². The van der Waals surface area contributed by atoms with Crippen LogP contribution in [0.5, 0.6) is 0 Å². The predicted molar refractivity (Wildman–Crippen MR) is 89.9 cm³/mol. The average molecular weight is 374 g/mol. The van der Waals surface area contributed by atoms with Gasteiger partial charge >= 0.3 is 11.9 Å². The fourth-order valence-corrected chi connectivity index (χ4v) is 6.31. The van der Waals surface area contributed by atoms with Crippen molar-refractivity contribution in [3.05, 3.63) is 36.3 Å². The molecule has 4 heterocycles. The number of rotatable bonds is 1. The molecule has 0 amide bonds. The van der Waals surface area contributed by atoms with Gasteiger partial charge in [-0.05, 0) is 36.5 Å². The molecule has 0 unspecified atom stereocenters. The maximum absolute atomic E-state index is 12.9. The van der Waals surface area contributed by atoms with Gasteiger partial charge in [-0.3, -0.25) is 4.79 Å². The van der Waals surface area contributed by atoms with Gasteiger partial charge in [0.15, 0.2) is 5.60 Å². The van der Waals surface area contributed by atoms with Crippen LogP contribution in [-0.2, 0) is 19.1 Å². The van der Waals surface area contributed by atoms with Crippen LogP contribution in [0.3, 0.4) is 0 Å². The zero-order valence-corrected chi connectivity index (χ0v) is 15.1. The van der Waals surface area contributed by atoms with Crippen LogP contribution in [0.4, 0.5) is 0 Å². The summed E-state index contributed by atoms with van der Waals surface area (Å²) in [4.78, 5) is 25.3. The van der Waals surface area contributed by atoms with Crippen LogP contribution in [0.25, 0.3) is 0 Å². The SMILES string of the molecule is C[C@@]12C[C@@H](c3ccoc3)OC(=O)[C@@H]1[C@@H](O)C[C@]1(C)[C@H]2[C@H]2C=C[C@]1(O)C(=O)O2. The Bertz CT molecular complexity index is 845. The largest absolute Gasteiger partial charge is 0.472 e. The third-order valence-corrected chi connectivity index (χ3v) is 7.46. The Balaban J connectivity index is 1.65. The highest BCUT2D eigenvalue weighted by atomic mass is 16.6. The quantitative estimate of drug-likeness (QED) is 0.567. The molecule has 7 nitrogen and oxygen atoms in total. The topological polar surface area (TPSA) is 106 Å². The molecule has 2 aliphatic carbocycles. The number of carbonyl (C=O) groups excluding carboxylic acids is 2. The summed E-state index contributed by atoms with van der Waals surface area (Å²) in [6, 6.07) is 1.75. The molecule has 1 aromatic rings. The van der Waals surface area contributed by atoms with Gasteiger partial charge in [0.25, 0.3) is 0 Å². The van der Waals surface area contributed by atoms with Crippen LogP contribution in [0.1, 0.15) is 38.4 Å². The summed E-state index contributed by atoms with van der Waals surface area (Å²) in [7, 11) is 0. The number of ether oxygens (including phenoxy) is 2. The van der Waals surface area contributed by atoms with E-state index in [-0.39, 0.29) is 12.3 Å². The van der Waals surface area contributed by atoms with Gasteiger partial charge in [0.05, 0.1) is 24.5 Å². The standard InChI is InChI=1S/C20H22O7/c1-18-8-13(10-4-6-25-9-10)26-16(22)14(18)11(21)7-19(2)15(18)12-3-5-20(19,24)17(23)27-12/h3-6,9,11-15,21,24H,7-8H2,1-2H3/t11-,12+,13-,14-,15-,18+,19+,20-/m0/s1. The molecule has 5 aliphatic rings. The Hall–Kier alpha value is -2.12. The number of hydrogen-bond donors (Lipinski definition) is 2. The molecule has 0 radical (unpaired) electrons. The van der Waals surface area contributed by atoms with E-state index in [4.69, 9.17) is 13.9 Å². The lowest BCUT2D eigenvalue weighted by molar-refractivity contribution is -0.274. The maximum atomic E-state index is 12.9. The molecular formula is C20H22O7. The molecule has 27 heavy (non-hydrogen) atoms. The Labute approximate surface area is 155 Å². The minimum Gasteiger partial charge on any atom is -0.472 e. The van der Waals surface area contributed by atoms with E-state index in [2.05, 4.69) is 0 Å². The van der Waals surface area contributed by atoms with Crippen LogP contribution in [0.15, 0.2) is 35.2 Å². The van der Waals surface area contributed by atoms with E-state index in [1.807, 2.05) is 13.8 Å². The lowest BCUT2D eigenvalue weighted by Gasteiger charge is -2.66. The summed E-state index contributed by atoms with van der Waals surface area (Å²) in [6.45, 7) is 3.74. The van der Waals surface area contributed by atoms with E-state index in [9.17, 15) is 19.8 Å². The second kappa shape index (κ2) is 5.02. The molecule has 3 aliphatic heterocycles. The van der Waals surface area contributed by atoms with E-state index in [1.54, 1.807) is 18.4 Å². The minimum atomic E-state index is -1.81. The average Bonchev–Trinajstić information content (AvgIpc) is 3.10. The van der Waals surface area contributed by atoms with Gasteiger partial charge in [-0.15, -0.1) is 0 Å². The van der Waals surface area contributed by atoms with Crippen molar-refractivity contribution < 1.29 is 33.7 Å². The molecule has 0 spiro atoms. The van der Waals surface area contributed by atoms with Crippen molar-refractivity contribution >= 4 is 11.9 Å². The molecule has 7 heteroatoms. The molecule has 8 atom stereocenters. The molecule has 1 aromatic heterocycles. The van der Waals surface area contributed by atoms with Crippen LogP contribution < -0.4 is 0 Å². The van der Waals surface area contributed by atoms with E-state index >= 15 is 0 Å². The van der Waals surface area contributed by atoms with Gasteiger partial charge in [-0.1, -0.05) is 13.8 Å². The van der Waals surface area contributed by atoms with Crippen LogP contribution in [0.2, 0.25) is 0 Å². The van der Waals surface area contributed by atoms with Gasteiger partial charge in [-0.25, -0.2) is 4.79 Å². The van der Waals surface area contributed by atoms with Crippen LogP contribution >= 0.6 is 0 Å². The molecule has 2 bridgehead atoms. The number of aliphatic hydroxyl groups is 2. The monoisotopic (exact) mass is 374 g/mol.